The number of rotatable bonds is 1. The van der Waals surface area contributed by atoms with Crippen molar-refractivity contribution in [1.29, 1.82) is 0 Å². The van der Waals surface area contributed by atoms with Crippen LogP contribution in [0.3, 0.4) is 0 Å². The van der Waals surface area contributed by atoms with Gasteiger partial charge in [0.1, 0.15) is 5.65 Å². The fourth-order valence-corrected chi connectivity index (χ4v) is 1.21. The molecule has 2 rings (SSSR count). The molecule has 0 saturated carbocycles. The highest BCUT2D eigenvalue weighted by Gasteiger charge is 2.14. The Hall–Kier alpha value is -1.35. The van der Waals surface area contributed by atoms with E-state index in [4.69, 9.17) is 0 Å². The zero-order chi connectivity index (χ0) is 9.47. The summed E-state index contributed by atoms with van der Waals surface area (Å²) >= 11 is 0. The van der Waals surface area contributed by atoms with E-state index in [9.17, 15) is 0 Å². The van der Waals surface area contributed by atoms with Gasteiger partial charge < -0.3 is 4.98 Å². The van der Waals surface area contributed by atoms with Gasteiger partial charge in [0.2, 0.25) is 5.82 Å². The smallest absolute Gasteiger partial charge is 0.237 e. The van der Waals surface area contributed by atoms with Gasteiger partial charge in [0.25, 0.3) is 0 Å². The van der Waals surface area contributed by atoms with E-state index in [2.05, 4.69) is 37.2 Å². The fourth-order valence-electron chi connectivity index (χ4n) is 1.21. The molecule has 13 heavy (non-hydrogen) atoms. The molecule has 3 heteroatoms. The lowest BCUT2D eigenvalue weighted by molar-refractivity contribution is 0.473. The summed E-state index contributed by atoms with van der Waals surface area (Å²) in [6, 6.07) is 7.15. The highest BCUT2D eigenvalue weighted by molar-refractivity contribution is 5.76. The van der Waals surface area contributed by atoms with E-state index in [1.165, 1.54) is 0 Å². The third-order valence-electron chi connectivity index (χ3n) is 1.97. The summed E-state index contributed by atoms with van der Waals surface area (Å²) < 4.78 is 0.689. The Kier molecular flexibility index (Phi) is 1.63. The van der Waals surface area contributed by atoms with Crippen LogP contribution in [0.4, 0.5) is 5.82 Å². The van der Waals surface area contributed by atoms with Gasteiger partial charge in [0, 0.05) is 11.6 Å². The van der Waals surface area contributed by atoms with Gasteiger partial charge in [-0.2, -0.15) is 4.98 Å². The first-order valence-electron chi connectivity index (χ1n) is 4.25. The molecule has 2 aromatic heterocycles. The highest BCUT2D eigenvalue weighted by atomic mass is 15.3. The van der Waals surface area contributed by atoms with Gasteiger partial charge in [-0.25, -0.2) is 0 Å². The highest BCUT2D eigenvalue weighted by Crippen LogP contribution is 2.17. The molecule has 0 aromatic carbocycles. The topological polar surface area (TPSA) is 28.7 Å². The molecule has 67 valence electrons. The first-order valence-corrected chi connectivity index (χ1v) is 4.25. The van der Waals surface area contributed by atoms with Crippen molar-refractivity contribution >= 4 is 16.9 Å². The molecular formula is C10H13N3+. The minimum atomic E-state index is 0.689. The van der Waals surface area contributed by atoms with Crippen molar-refractivity contribution in [2.24, 2.45) is 0 Å². The number of hydrogen-bond donors (Lipinski definition) is 1. The molecule has 2 aromatic rings. The van der Waals surface area contributed by atoms with Crippen LogP contribution in [0.1, 0.15) is 0 Å². The molecule has 1 radical (unpaired) electrons. The monoisotopic (exact) mass is 175 g/mol. The molecule has 0 bridgehead atoms. The van der Waals surface area contributed by atoms with Crippen molar-refractivity contribution in [3.05, 3.63) is 24.4 Å². The van der Waals surface area contributed by atoms with Crippen LogP contribution >= 0.6 is 0 Å². The molecule has 0 spiro atoms. The maximum absolute atomic E-state index is 4.47. The van der Waals surface area contributed by atoms with Gasteiger partial charge in [0.05, 0.1) is 27.2 Å². The summed E-state index contributed by atoms with van der Waals surface area (Å²) in [6.07, 6.45) is 1.89. The number of fused-ring (bicyclic) bond motifs is 1. The van der Waals surface area contributed by atoms with E-state index in [0.29, 0.717) is 4.48 Å². The van der Waals surface area contributed by atoms with Crippen LogP contribution < -0.4 is 4.48 Å². The summed E-state index contributed by atoms with van der Waals surface area (Å²) in [4.78, 5) is 7.56. The third kappa shape index (κ3) is 1.42. The van der Waals surface area contributed by atoms with Gasteiger partial charge in [-0.1, -0.05) is 0 Å². The van der Waals surface area contributed by atoms with Crippen LogP contribution in [0.5, 0.6) is 0 Å². The zero-order valence-corrected chi connectivity index (χ0v) is 8.13. The van der Waals surface area contributed by atoms with Crippen LogP contribution in [0.2, 0.25) is 0 Å². The molecule has 0 aliphatic heterocycles. The Labute approximate surface area is 77.6 Å². The molecular weight excluding hydrogens is 162 g/mol. The number of quaternary nitrogens is 1. The Morgan fingerprint density at radius 2 is 2.15 bits per heavy atom. The van der Waals surface area contributed by atoms with Gasteiger partial charge >= 0.3 is 0 Å². The van der Waals surface area contributed by atoms with Crippen LogP contribution in [0.25, 0.3) is 11.0 Å². The lowest BCUT2D eigenvalue weighted by Crippen LogP contribution is -2.35. The Morgan fingerprint density at radius 1 is 1.38 bits per heavy atom. The average molecular weight is 175 g/mol. The predicted octanol–water partition coefficient (Wildman–Crippen LogP) is 1.56. The minimum absolute atomic E-state index is 0.689. The molecule has 0 amide bonds. The summed E-state index contributed by atoms with van der Waals surface area (Å²) in [5, 5.41) is 1.11. The van der Waals surface area contributed by atoms with E-state index in [-0.39, 0.29) is 0 Å². The summed E-state index contributed by atoms with van der Waals surface area (Å²) in [5.74, 6) is 0.940. The van der Waals surface area contributed by atoms with E-state index >= 15 is 0 Å². The second-order valence-corrected chi connectivity index (χ2v) is 4.02. The van der Waals surface area contributed by atoms with Gasteiger partial charge in [0.15, 0.2) is 0 Å². The molecule has 0 atom stereocenters. The number of hydrogen-bond acceptors (Lipinski definition) is 1. The van der Waals surface area contributed by atoms with E-state index < -0.39 is 0 Å². The Bertz CT molecular complexity index is 423. The van der Waals surface area contributed by atoms with Gasteiger partial charge in [-0.3, -0.25) is 4.48 Å². The summed E-state index contributed by atoms with van der Waals surface area (Å²) in [5.41, 5.74) is 0.932. The molecule has 1 N–H and O–H groups in total. The van der Waals surface area contributed by atoms with E-state index in [1.807, 2.05) is 18.3 Å². The number of aromatic amines is 1. The normalized spacial score (nSPS) is 12.2. The number of pyridine rings is 1. The molecule has 2 heterocycles. The van der Waals surface area contributed by atoms with Gasteiger partial charge in [-0.05, 0) is 12.1 Å². The van der Waals surface area contributed by atoms with Crippen molar-refractivity contribution in [3.63, 3.8) is 0 Å². The predicted molar refractivity (Wildman–Crippen MR) is 54.5 cm³/mol. The maximum atomic E-state index is 4.47. The molecule has 0 aliphatic rings. The number of aromatic nitrogens is 2. The standard InChI is InChI=1S/C10H13N3/c1-13(2,3)9-5-4-8-6-7-11-10(8)12-9/h4,6-7H,1-3H3,(H,11,12)/q+1. The first-order chi connectivity index (χ1) is 6.07. The molecule has 0 aliphatic carbocycles. The second-order valence-electron chi connectivity index (χ2n) is 4.02. The van der Waals surface area contributed by atoms with Crippen molar-refractivity contribution < 1.29 is 0 Å². The summed E-state index contributed by atoms with van der Waals surface area (Å²) in [6.45, 7) is 0. The van der Waals surface area contributed by atoms with E-state index in [1.54, 1.807) is 0 Å². The number of nitrogens with one attached hydrogen (secondary N) is 1. The maximum Gasteiger partial charge on any atom is 0.237 e. The lowest BCUT2D eigenvalue weighted by Gasteiger charge is -2.21. The number of H-pyrrole nitrogens is 1. The largest absolute Gasteiger partial charge is 0.346 e. The second kappa shape index (κ2) is 2.57. The molecule has 3 nitrogen and oxygen atoms in total. The van der Waals surface area contributed by atoms with Crippen LogP contribution in [-0.2, 0) is 0 Å². The SMILES string of the molecule is C[N+](C)(C)c1[c]cc2cc[nH]c2n1. The van der Waals surface area contributed by atoms with Crippen LogP contribution in [0.15, 0.2) is 18.3 Å². The molecule has 0 unspecified atom stereocenters. The number of nitrogens with zero attached hydrogens (tertiary/aromatic N) is 2. The van der Waals surface area contributed by atoms with Crippen molar-refractivity contribution in [3.8, 4) is 0 Å². The van der Waals surface area contributed by atoms with Gasteiger partial charge in [-0.15, -0.1) is 0 Å². The zero-order valence-electron chi connectivity index (χ0n) is 8.13. The quantitative estimate of drug-likeness (QED) is 0.655. The van der Waals surface area contributed by atoms with Crippen LogP contribution in [0, 0.1) is 6.07 Å². The fraction of sp³-hybridized carbons (Fsp3) is 0.300. The molecule has 0 fully saturated rings. The van der Waals surface area contributed by atoms with Crippen LogP contribution in [-0.4, -0.2) is 31.1 Å². The first kappa shape index (κ1) is 8.26. The third-order valence-corrected chi connectivity index (χ3v) is 1.97. The Morgan fingerprint density at radius 3 is 2.85 bits per heavy atom. The average Bonchev–Trinajstić information content (AvgIpc) is 2.47. The lowest BCUT2D eigenvalue weighted by atomic mass is 10.3. The van der Waals surface area contributed by atoms with Crippen molar-refractivity contribution in [2.75, 3.05) is 21.1 Å². The molecule has 0 saturated heterocycles. The van der Waals surface area contributed by atoms with Crippen molar-refractivity contribution in [2.45, 2.75) is 0 Å². The minimum Gasteiger partial charge on any atom is -0.346 e. The van der Waals surface area contributed by atoms with E-state index in [0.717, 1.165) is 16.9 Å². The summed E-state index contributed by atoms with van der Waals surface area (Å²) in [7, 11) is 6.23. The van der Waals surface area contributed by atoms with Crippen molar-refractivity contribution in [1.82, 2.24) is 14.5 Å². The Balaban J connectivity index is 2.61.